The van der Waals surface area contributed by atoms with Crippen molar-refractivity contribution >= 4 is 17.4 Å². The fourth-order valence-corrected chi connectivity index (χ4v) is 1.84. The minimum Gasteiger partial charge on any atom is -0.492 e. The Morgan fingerprint density at radius 3 is 2.76 bits per heavy atom. The zero-order valence-corrected chi connectivity index (χ0v) is 11.9. The number of aryl methyl sites for hydroxylation is 1. The van der Waals surface area contributed by atoms with Gasteiger partial charge in [-0.2, -0.15) is 0 Å². The van der Waals surface area contributed by atoms with E-state index >= 15 is 0 Å². The normalized spacial score (nSPS) is 9.95. The highest BCUT2D eigenvalue weighted by molar-refractivity contribution is 5.89. The fourth-order valence-electron chi connectivity index (χ4n) is 1.84. The second-order valence-corrected chi connectivity index (χ2v) is 4.67. The molecule has 0 bridgehead atoms. The number of ether oxygens (including phenoxy) is 1. The smallest absolute Gasteiger partial charge is 0.319 e. The van der Waals surface area contributed by atoms with E-state index in [9.17, 15) is 4.79 Å². The highest BCUT2D eigenvalue weighted by Crippen LogP contribution is 2.14. The number of carbonyl (C=O) groups excluding carboxylic acids is 1. The third-order valence-corrected chi connectivity index (χ3v) is 2.79. The van der Waals surface area contributed by atoms with E-state index in [4.69, 9.17) is 10.5 Å². The Morgan fingerprint density at radius 1 is 1.19 bits per heavy atom. The molecule has 110 valence electrons. The first-order chi connectivity index (χ1) is 10.1. The van der Waals surface area contributed by atoms with Gasteiger partial charge in [-0.25, -0.2) is 4.79 Å². The van der Waals surface area contributed by atoms with Crippen molar-refractivity contribution in [3.8, 4) is 5.75 Å². The molecule has 5 heteroatoms. The van der Waals surface area contributed by atoms with Gasteiger partial charge in [0.2, 0.25) is 0 Å². The Balaban J connectivity index is 1.70. The first kappa shape index (κ1) is 14.7. The van der Waals surface area contributed by atoms with Crippen molar-refractivity contribution < 1.29 is 9.53 Å². The number of rotatable bonds is 5. The lowest BCUT2D eigenvalue weighted by atomic mass is 10.2. The van der Waals surface area contributed by atoms with Gasteiger partial charge in [-0.05, 0) is 36.8 Å². The van der Waals surface area contributed by atoms with Crippen LogP contribution in [0.1, 0.15) is 5.56 Å². The maximum absolute atomic E-state index is 11.7. The predicted octanol–water partition coefficient (Wildman–Crippen LogP) is 2.78. The number of amides is 2. The second kappa shape index (κ2) is 7.19. The minimum atomic E-state index is -0.253. The number of benzene rings is 2. The monoisotopic (exact) mass is 285 g/mol. The van der Waals surface area contributed by atoms with E-state index in [1.54, 1.807) is 12.1 Å². The zero-order chi connectivity index (χ0) is 15.1. The molecule has 0 aliphatic carbocycles. The quantitative estimate of drug-likeness (QED) is 0.584. The maximum Gasteiger partial charge on any atom is 0.319 e. The molecule has 21 heavy (non-hydrogen) atoms. The predicted molar refractivity (Wildman–Crippen MR) is 84.5 cm³/mol. The SMILES string of the molecule is Cc1cccc(NC(=O)NCCOc2cccc(N)c2)c1. The Labute approximate surface area is 124 Å². The summed E-state index contributed by atoms with van der Waals surface area (Å²) in [5, 5.41) is 5.49. The van der Waals surface area contributed by atoms with Crippen LogP contribution in [0.15, 0.2) is 48.5 Å². The fraction of sp³-hybridized carbons (Fsp3) is 0.188. The number of hydrogen-bond acceptors (Lipinski definition) is 3. The van der Waals surface area contributed by atoms with Crippen molar-refractivity contribution in [2.75, 3.05) is 24.2 Å². The second-order valence-electron chi connectivity index (χ2n) is 4.67. The highest BCUT2D eigenvalue weighted by atomic mass is 16.5. The van der Waals surface area contributed by atoms with Crippen LogP contribution >= 0.6 is 0 Å². The number of hydrogen-bond donors (Lipinski definition) is 3. The molecule has 2 aromatic carbocycles. The molecule has 0 radical (unpaired) electrons. The van der Waals surface area contributed by atoms with Crippen molar-refractivity contribution in [2.45, 2.75) is 6.92 Å². The summed E-state index contributed by atoms with van der Waals surface area (Å²) >= 11 is 0. The van der Waals surface area contributed by atoms with E-state index in [1.807, 2.05) is 43.3 Å². The standard InChI is InChI=1S/C16H19N3O2/c1-12-4-2-6-14(10-12)19-16(20)18-8-9-21-15-7-3-5-13(17)11-15/h2-7,10-11H,8-9,17H2,1H3,(H2,18,19,20). The van der Waals surface area contributed by atoms with Gasteiger partial charge in [0.1, 0.15) is 12.4 Å². The number of anilines is 2. The molecule has 0 saturated heterocycles. The van der Waals surface area contributed by atoms with E-state index in [0.717, 1.165) is 11.3 Å². The van der Waals surface area contributed by atoms with Crippen LogP contribution in [-0.2, 0) is 0 Å². The van der Waals surface area contributed by atoms with Crippen LogP contribution in [0.2, 0.25) is 0 Å². The van der Waals surface area contributed by atoms with Crippen molar-refractivity contribution in [1.82, 2.24) is 5.32 Å². The largest absolute Gasteiger partial charge is 0.492 e. The van der Waals surface area contributed by atoms with Crippen LogP contribution in [0.3, 0.4) is 0 Å². The van der Waals surface area contributed by atoms with E-state index in [0.29, 0.717) is 24.6 Å². The molecule has 5 nitrogen and oxygen atoms in total. The Kier molecular flexibility index (Phi) is 5.04. The van der Waals surface area contributed by atoms with Gasteiger partial charge >= 0.3 is 6.03 Å². The number of nitrogens with two attached hydrogens (primary N) is 1. The molecule has 2 aromatic rings. The van der Waals surface area contributed by atoms with E-state index in [-0.39, 0.29) is 6.03 Å². The third kappa shape index (κ3) is 5.06. The molecular weight excluding hydrogens is 266 g/mol. The molecule has 0 unspecified atom stereocenters. The molecule has 0 spiro atoms. The Hall–Kier alpha value is -2.69. The molecule has 4 N–H and O–H groups in total. The molecule has 2 amide bonds. The molecule has 0 heterocycles. The van der Waals surface area contributed by atoms with Gasteiger partial charge in [0.05, 0.1) is 6.54 Å². The summed E-state index contributed by atoms with van der Waals surface area (Å²) in [6.45, 7) is 2.76. The number of nitrogens with one attached hydrogen (secondary N) is 2. The Bertz CT molecular complexity index is 614. The molecule has 0 aliphatic rings. The molecular formula is C16H19N3O2. The van der Waals surface area contributed by atoms with E-state index in [2.05, 4.69) is 10.6 Å². The van der Waals surface area contributed by atoms with E-state index in [1.165, 1.54) is 0 Å². The van der Waals surface area contributed by atoms with Gasteiger partial charge in [0, 0.05) is 17.4 Å². The molecule has 0 aliphatic heterocycles. The van der Waals surface area contributed by atoms with Crippen LogP contribution in [0.25, 0.3) is 0 Å². The van der Waals surface area contributed by atoms with Crippen LogP contribution < -0.4 is 21.1 Å². The van der Waals surface area contributed by atoms with Gasteiger partial charge in [0.25, 0.3) is 0 Å². The summed E-state index contributed by atoms with van der Waals surface area (Å²) in [6.07, 6.45) is 0. The van der Waals surface area contributed by atoms with Gasteiger partial charge < -0.3 is 21.1 Å². The summed E-state index contributed by atoms with van der Waals surface area (Å²) in [5.74, 6) is 0.691. The Morgan fingerprint density at radius 2 is 2.00 bits per heavy atom. The zero-order valence-electron chi connectivity index (χ0n) is 11.9. The average Bonchev–Trinajstić information content (AvgIpc) is 2.44. The first-order valence-corrected chi connectivity index (χ1v) is 6.73. The summed E-state index contributed by atoms with van der Waals surface area (Å²) in [6, 6.07) is 14.5. The summed E-state index contributed by atoms with van der Waals surface area (Å²) in [4.78, 5) is 11.7. The molecule has 0 aromatic heterocycles. The van der Waals surface area contributed by atoms with Crippen LogP contribution in [0.4, 0.5) is 16.2 Å². The topological polar surface area (TPSA) is 76.4 Å². The summed E-state index contributed by atoms with van der Waals surface area (Å²) < 4.78 is 5.48. The lowest BCUT2D eigenvalue weighted by Crippen LogP contribution is -2.32. The molecule has 0 atom stereocenters. The van der Waals surface area contributed by atoms with Crippen LogP contribution in [0.5, 0.6) is 5.75 Å². The van der Waals surface area contributed by atoms with Crippen molar-refractivity contribution in [3.05, 3.63) is 54.1 Å². The van der Waals surface area contributed by atoms with E-state index < -0.39 is 0 Å². The van der Waals surface area contributed by atoms with Crippen molar-refractivity contribution in [1.29, 1.82) is 0 Å². The van der Waals surface area contributed by atoms with Crippen molar-refractivity contribution in [3.63, 3.8) is 0 Å². The van der Waals surface area contributed by atoms with Gasteiger partial charge in [-0.1, -0.05) is 18.2 Å². The van der Waals surface area contributed by atoms with Crippen LogP contribution in [0, 0.1) is 6.92 Å². The molecule has 0 saturated carbocycles. The minimum absolute atomic E-state index is 0.253. The van der Waals surface area contributed by atoms with Gasteiger partial charge in [-0.15, -0.1) is 0 Å². The van der Waals surface area contributed by atoms with Gasteiger partial charge in [0.15, 0.2) is 0 Å². The number of urea groups is 1. The summed E-state index contributed by atoms with van der Waals surface area (Å²) in [5.41, 5.74) is 8.16. The van der Waals surface area contributed by atoms with Crippen molar-refractivity contribution in [2.24, 2.45) is 0 Å². The third-order valence-electron chi connectivity index (χ3n) is 2.79. The lowest BCUT2D eigenvalue weighted by Gasteiger charge is -2.09. The number of nitrogen functional groups attached to an aromatic ring is 1. The number of carbonyl (C=O) groups is 1. The molecule has 0 fully saturated rings. The maximum atomic E-state index is 11.7. The lowest BCUT2D eigenvalue weighted by molar-refractivity contribution is 0.247. The van der Waals surface area contributed by atoms with Gasteiger partial charge in [-0.3, -0.25) is 0 Å². The average molecular weight is 285 g/mol. The molecule has 2 rings (SSSR count). The summed E-state index contributed by atoms with van der Waals surface area (Å²) in [7, 11) is 0. The first-order valence-electron chi connectivity index (χ1n) is 6.73. The van der Waals surface area contributed by atoms with Crippen LogP contribution in [-0.4, -0.2) is 19.2 Å². The highest BCUT2D eigenvalue weighted by Gasteiger charge is 2.01.